The van der Waals surface area contributed by atoms with Gasteiger partial charge in [0.15, 0.2) is 0 Å². The fraction of sp³-hybridized carbons (Fsp3) is 0.111. The molecule has 0 aliphatic carbocycles. The van der Waals surface area contributed by atoms with Crippen LogP contribution in [0.15, 0.2) is 22.4 Å². The highest BCUT2D eigenvalue weighted by atomic mass is 79.9. The van der Waals surface area contributed by atoms with E-state index in [4.69, 9.17) is 0 Å². The third kappa shape index (κ3) is 1.47. The molecular weight excluding hydrogens is 268 g/mol. The Morgan fingerprint density at radius 2 is 2.23 bits per heavy atom. The summed E-state index contributed by atoms with van der Waals surface area (Å²) in [6, 6.07) is 3.94. The van der Waals surface area contributed by atoms with Gasteiger partial charge in [-0.1, -0.05) is 15.9 Å². The van der Waals surface area contributed by atoms with Gasteiger partial charge in [0, 0.05) is 25.7 Å². The normalized spacial score (nSPS) is 10.9. The Kier molecular flexibility index (Phi) is 2.53. The van der Waals surface area contributed by atoms with Crippen molar-refractivity contribution in [3.8, 4) is 5.75 Å². The van der Waals surface area contributed by atoms with Gasteiger partial charge in [-0.25, -0.2) is 0 Å². The number of fused-ring (bicyclic) bond motifs is 1. The second-order valence-corrected chi connectivity index (χ2v) is 4.64. The first-order valence-corrected chi connectivity index (χ1v) is 6.16. The summed E-state index contributed by atoms with van der Waals surface area (Å²) in [7, 11) is 0. The van der Waals surface area contributed by atoms with Gasteiger partial charge in [0.1, 0.15) is 5.75 Å². The van der Waals surface area contributed by atoms with Gasteiger partial charge < -0.3 is 5.11 Å². The molecule has 0 radical (unpaired) electrons. The summed E-state index contributed by atoms with van der Waals surface area (Å²) in [6.07, 6.45) is 0. The van der Waals surface area contributed by atoms with Crippen molar-refractivity contribution in [3.63, 3.8) is 0 Å². The van der Waals surface area contributed by atoms with Crippen LogP contribution in [0.5, 0.6) is 5.75 Å². The van der Waals surface area contributed by atoms with Crippen LogP contribution in [0, 0.1) is 0 Å². The maximum Gasteiger partial charge on any atom is 0.134 e. The van der Waals surface area contributed by atoms with E-state index in [-0.39, 0.29) is 0 Å². The van der Waals surface area contributed by atoms with E-state index in [1.54, 1.807) is 16.7 Å². The molecule has 0 unspecified atom stereocenters. The van der Waals surface area contributed by atoms with Crippen LogP contribution < -0.4 is 0 Å². The van der Waals surface area contributed by atoms with Crippen LogP contribution in [-0.4, -0.2) is 5.11 Å². The molecule has 0 aliphatic rings. The monoisotopic (exact) mass is 274 g/mol. The number of thiol groups is 1. The topological polar surface area (TPSA) is 20.2 Å². The second kappa shape index (κ2) is 3.52. The maximum atomic E-state index is 9.60. The molecule has 2 aromatic rings. The van der Waals surface area contributed by atoms with Crippen molar-refractivity contribution in [2.45, 2.75) is 10.2 Å². The predicted octanol–water partition coefficient (Wildman–Crippen LogP) is 3.79. The highest BCUT2D eigenvalue weighted by Crippen LogP contribution is 2.37. The minimum atomic E-state index is 0.352. The molecule has 0 amide bonds. The lowest BCUT2D eigenvalue weighted by Gasteiger charge is -2.02. The number of rotatable bonds is 1. The minimum absolute atomic E-state index is 0.352. The van der Waals surface area contributed by atoms with Gasteiger partial charge in [-0.05, 0) is 17.7 Å². The Bertz CT molecular complexity index is 450. The summed E-state index contributed by atoms with van der Waals surface area (Å²) >= 11 is 9.28. The number of hydrogen-bond acceptors (Lipinski definition) is 3. The molecule has 1 aromatic heterocycles. The minimum Gasteiger partial charge on any atom is -0.506 e. The van der Waals surface area contributed by atoms with E-state index in [0.29, 0.717) is 11.1 Å². The van der Waals surface area contributed by atoms with Gasteiger partial charge in [0.05, 0.1) is 0 Å². The zero-order chi connectivity index (χ0) is 9.42. The summed E-state index contributed by atoms with van der Waals surface area (Å²) in [6.45, 7) is 0. The first-order valence-electron chi connectivity index (χ1n) is 3.71. The fourth-order valence-corrected chi connectivity index (χ4v) is 3.22. The highest BCUT2D eigenvalue weighted by Gasteiger charge is 2.09. The molecule has 1 nitrogen and oxygen atoms in total. The Morgan fingerprint density at radius 3 is 2.92 bits per heavy atom. The number of thiophene rings is 1. The van der Waals surface area contributed by atoms with E-state index in [9.17, 15) is 5.11 Å². The van der Waals surface area contributed by atoms with Crippen molar-refractivity contribution >= 4 is 50.0 Å². The van der Waals surface area contributed by atoms with E-state index in [1.807, 2.05) is 12.1 Å². The third-order valence-electron chi connectivity index (χ3n) is 1.94. The Balaban J connectivity index is 2.88. The van der Waals surface area contributed by atoms with Gasteiger partial charge in [0.2, 0.25) is 0 Å². The smallest absolute Gasteiger partial charge is 0.134 e. The zero-order valence-corrected chi connectivity index (χ0v) is 9.92. The van der Waals surface area contributed by atoms with Gasteiger partial charge in [-0.3, -0.25) is 0 Å². The van der Waals surface area contributed by atoms with Crippen molar-refractivity contribution in [2.75, 3.05) is 0 Å². The maximum absolute atomic E-state index is 9.60. The van der Waals surface area contributed by atoms with Crippen LogP contribution >= 0.6 is 39.9 Å². The number of aromatic hydroxyl groups is 1. The van der Waals surface area contributed by atoms with Crippen LogP contribution in [0.3, 0.4) is 0 Å². The first-order chi connectivity index (χ1) is 6.24. The molecule has 0 atom stereocenters. The molecule has 0 aliphatic heterocycles. The van der Waals surface area contributed by atoms with Crippen molar-refractivity contribution in [2.24, 2.45) is 0 Å². The predicted molar refractivity (Wildman–Crippen MR) is 63.4 cm³/mol. The third-order valence-corrected chi connectivity index (χ3v) is 3.85. The van der Waals surface area contributed by atoms with Crippen molar-refractivity contribution in [1.29, 1.82) is 0 Å². The van der Waals surface area contributed by atoms with Gasteiger partial charge in [0.25, 0.3) is 0 Å². The second-order valence-electron chi connectivity index (χ2n) is 2.69. The number of hydrogen-bond donors (Lipinski definition) is 2. The standard InChI is InChI=1S/C9H7BrOS2/c10-3-5-7(12)1-2-8-9(5)6(11)4-13-8/h1-2,4,11-12H,3H2. The lowest BCUT2D eigenvalue weighted by Crippen LogP contribution is -1.81. The van der Waals surface area contributed by atoms with Gasteiger partial charge >= 0.3 is 0 Å². The SMILES string of the molecule is Oc1csc2ccc(S)c(CBr)c12. The van der Waals surface area contributed by atoms with E-state index in [2.05, 4.69) is 28.6 Å². The summed E-state index contributed by atoms with van der Waals surface area (Å²) in [4.78, 5) is 0.915. The van der Waals surface area contributed by atoms with Crippen LogP contribution in [0.4, 0.5) is 0 Å². The molecule has 1 aromatic carbocycles. The molecule has 68 valence electrons. The summed E-state index contributed by atoms with van der Waals surface area (Å²) < 4.78 is 1.10. The van der Waals surface area contributed by atoms with Crippen molar-refractivity contribution in [3.05, 3.63) is 23.1 Å². The summed E-state index contributed by atoms with van der Waals surface area (Å²) in [5.74, 6) is 0.352. The van der Waals surface area contributed by atoms with E-state index >= 15 is 0 Å². The van der Waals surface area contributed by atoms with E-state index in [1.165, 1.54) is 0 Å². The molecule has 1 N–H and O–H groups in total. The number of alkyl halides is 1. The molecule has 0 saturated carbocycles. The van der Waals surface area contributed by atoms with Crippen LogP contribution in [-0.2, 0) is 5.33 Å². The Labute approximate surface area is 93.9 Å². The average Bonchev–Trinajstić information content (AvgIpc) is 2.49. The van der Waals surface area contributed by atoms with Gasteiger partial charge in [-0.2, -0.15) is 0 Å². The molecule has 1 heterocycles. The molecule has 13 heavy (non-hydrogen) atoms. The average molecular weight is 275 g/mol. The van der Waals surface area contributed by atoms with Crippen LogP contribution in [0.1, 0.15) is 5.56 Å². The molecular formula is C9H7BrOS2. The molecule has 0 fully saturated rings. The summed E-state index contributed by atoms with van der Waals surface area (Å²) in [5.41, 5.74) is 1.06. The molecule has 0 spiro atoms. The first kappa shape index (κ1) is 9.37. The van der Waals surface area contributed by atoms with Gasteiger partial charge in [-0.15, -0.1) is 24.0 Å². The Hall–Kier alpha value is -0.190. The quantitative estimate of drug-likeness (QED) is 0.599. The molecule has 0 bridgehead atoms. The van der Waals surface area contributed by atoms with Crippen LogP contribution in [0.25, 0.3) is 10.1 Å². The van der Waals surface area contributed by atoms with Crippen molar-refractivity contribution < 1.29 is 5.11 Å². The largest absolute Gasteiger partial charge is 0.506 e. The van der Waals surface area contributed by atoms with Crippen molar-refractivity contribution in [1.82, 2.24) is 0 Å². The number of benzene rings is 1. The number of halogens is 1. The Morgan fingerprint density at radius 1 is 1.46 bits per heavy atom. The molecule has 2 rings (SSSR count). The molecule has 4 heteroatoms. The van der Waals surface area contributed by atoms with E-state index in [0.717, 1.165) is 20.5 Å². The zero-order valence-electron chi connectivity index (χ0n) is 6.62. The fourth-order valence-electron chi connectivity index (χ4n) is 1.31. The van der Waals surface area contributed by atoms with E-state index < -0.39 is 0 Å². The summed E-state index contributed by atoms with van der Waals surface area (Å²) in [5, 5.41) is 13.0. The highest BCUT2D eigenvalue weighted by molar-refractivity contribution is 9.08. The lowest BCUT2D eigenvalue weighted by atomic mass is 10.1. The van der Waals surface area contributed by atoms with Crippen LogP contribution in [0.2, 0.25) is 0 Å². The molecule has 0 saturated heterocycles. The lowest BCUT2D eigenvalue weighted by molar-refractivity contribution is 0.483.